The van der Waals surface area contributed by atoms with Gasteiger partial charge in [0.05, 0.1) is 5.52 Å². The number of fused-ring (bicyclic) bond motifs is 1. The van der Waals surface area contributed by atoms with Crippen LogP contribution in [0.5, 0.6) is 0 Å². The van der Waals surface area contributed by atoms with Gasteiger partial charge in [-0.1, -0.05) is 35.3 Å². The molecule has 5 nitrogen and oxygen atoms in total. The highest BCUT2D eigenvalue weighted by Crippen LogP contribution is 2.49. The van der Waals surface area contributed by atoms with Gasteiger partial charge < -0.3 is 0 Å². The summed E-state index contributed by atoms with van der Waals surface area (Å²) >= 11 is 12.6. The molecule has 0 spiro atoms. The molecular formula is C19H13Cl2N5. The predicted molar refractivity (Wildman–Crippen MR) is 102 cm³/mol. The number of rotatable bonds is 3. The molecule has 0 unspecified atom stereocenters. The van der Waals surface area contributed by atoms with E-state index < -0.39 is 0 Å². The summed E-state index contributed by atoms with van der Waals surface area (Å²) in [6, 6.07) is 13.6. The lowest BCUT2D eigenvalue weighted by Gasteiger charge is -2.17. The Morgan fingerprint density at radius 1 is 1.00 bits per heavy atom. The molecule has 128 valence electrons. The summed E-state index contributed by atoms with van der Waals surface area (Å²) in [6.45, 7) is 0. The van der Waals surface area contributed by atoms with E-state index in [0.717, 1.165) is 46.3 Å². The largest absolute Gasteiger partial charge is 0.228 e. The van der Waals surface area contributed by atoms with Gasteiger partial charge in [0.2, 0.25) is 0 Å². The molecule has 2 aromatic heterocycles. The second-order valence-electron chi connectivity index (χ2n) is 6.42. The maximum atomic E-state index is 6.30. The van der Waals surface area contributed by atoms with E-state index in [1.165, 1.54) is 0 Å². The Labute approximate surface area is 159 Å². The lowest BCUT2D eigenvalue weighted by atomic mass is 9.93. The zero-order valence-corrected chi connectivity index (χ0v) is 15.1. The molecule has 0 bridgehead atoms. The van der Waals surface area contributed by atoms with E-state index >= 15 is 0 Å². The molecule has 4 aromatic rings. The topological polar surface area (TPSA) is 56.5 Å². The third-order valence-corrected chi connectivity index (χ3v) is 5.10. The molecule has 2 aromatic carbocycles. The molecule has 0 atom stereocenters. The van der Waals surface area contributed by atoms with Crippen molar-refractivity contribution in [3.05, 3.63) is 64.4 Å². The van der Waals surface area contributed by atoms with Crippen molar-refractivity contribution >= 4 is 34.1 Å². The van der Waals surface area contributed by atoms with Crippen molar-refractivity contribution in [2.24, 2.45) is 0 Å². The van der Waals surface area contributed by atoms with Crippen LogP contribution in [0, 0.1) is 0 Å². The van der Waals surface area contributed by atoms with Gasteiger partial charge in [0.25, 0.3) is 0 Å². The van der Waals surface area contributed by atoms with Crippen LogP contribution in [0.3, 0.4) is 0 Å². The summed E-state index contributed by atoms with van der Waals surface area (Å²) in [5, 5.41) is 14.0. The minimum absolute atomic E-state index is 0.430. The van der Waals surface area contributed by atoms with E-state index in [1.54, 1.807) is 11.0 Å². The number of nitrogens with zero attached hydrogens (tertiary/aromatic N) is 5. The van der Waals surface area contributed by atoms with Crippen LogP contribution >= 0.6 is 23.2 Å². The Hall–Kier alpha value is -2.50. The number of tetrazole rings is 1. The molecule has 7 heteroatoms. The fourth-order valence-corrected chi connectivity index (χ4v) is 3.75. The summed E-state index contributed by atoms with van der Waals surface area (Å²) in [5.74, 6) is 1.20. The molecule has 0 amide bonds. The minimum atomic E-state index is 0.430. The molecule has 1 aliphatic rings. The number of aromatic nitrogens is 5. The van der Waals surface area contributed by atoms with Gasteiger partial charge in [0, 0.05) is 21.0 Å². The molecule has 0 N–H and O–H groups in total. The molecule has 26 heavy (non-hydrogen) atoms. The fourth-order valence-electron chi connectivity index (χ4n) is 3.38. The molecule has 1 saturated carbocycles. The van der Waals surface area contributed by atoms with Gasteiger partial charge in [-0.3, -0.25) is 0 Å². The molecule has 0 radical (unpaired) electrons. The van der Waals surface area contributed by atoms with Crippen LogP contribution in [0.1, 0.15) is 24.3 Å². The van der Waals surface area contributed by atoms with Crippen molar-refractivity contribution in [2.75, 3.05) is 0 Å². The van der Waals surface area contributed by atoms with Crippen molar-refractivity contribution < 1.29 is 0 Å². The second-order valence-corrected chi connectivity index (χ2v) is 7.30. The van der Waals surface area contributed by atoms with Gasteiger partial charge in [-0.05, 0) is 70.6 Å². The highest BCUT2D eigenvalue weighted by atomic mass is 35.5. The normalized spacial score (nSPS) is 14.1. The minimum Gasteiger partial charge on any atom is -0.228 e. The highest BCUT2D eigenvalue weighted by Gasteiger charge is 2.32. The third kappa shape index (κ3) is 2.64. The number of hydrogen-bond donors (Lipinski definition) is 0. The summed E-state index contributed by atoms with van der Waals surface area (Å²) in [7, 11) is 0. The molecule has 2 heterocycles. The summed E-state index contributed by atoms with van der Waals surface area (Å²) in [6.07, 6.45) is 3.82. The third-order valence-electron chi connectivity index (χ3n) is 4.63. The summed E-state index contributed by atoms with van der Waals surface area (Å²) < 4.78 is 1.63. The van der Waals surface area contributed by atoms with Crippen molar-refractivity contribution in [1.82, 2.24) is 25.2 Å². The molecule has 5 rings (SSSR count). The van der Waals surface area contributed by atoms with Crippen molar-refractivity contribution in [1.29, 1.82) is 0 Å². The first-order valence-electron chi connectivity index (χ1n) is 8.33. The van der Waals surface area contributed by atoms with Crippen LogP contribution < -0.4 is 0 Å². The van der Waals surface area contributed by atoms with Crippen LogP contribution in [0.25, 0.3) is 27.8 Å². The van der Waals surface area contributed by atoms with E-state index in [0.29, 0.717) is 16.0 Å². The van der Waals surface area contributed by atoms with Crippen molar-refractivity contribution in [2.45, 2.75) is 18.8 Å². The standard InChI is InChI=1S/C19H13Cl2N5/c20-13-3-1-2-12(8-13)17-15-9-14(21)6-7-16(15)23-19(18(17)11-4-5-11)26-10-22-24-25-26/h1-3,6-11H,4-5H2. The first-order chi connectivity index (χ1) is 12.7. The molecular weight excluding hydrogens is 369 g/mol. The van der Waals surface area contributed by atoms with E-state index in [9.17, 15) is 0 Å². The Morgan fingerprint density at radius 3 is 2.58 bits per heavy atom. The average Bonchev–Trinajstić information content (AvgIpc) is 3.33. The van der Waals surface area contributed by atoms with Crippen LogP contribution in [0.15, 0.2) is 48.8 Å². The van der Waals surface area contributed by atoms with Gasteiger partial charge in [0.1, 0.15) is 6.33 Å². The van der Waals surface area contributed by atoms with Gasteiger partial charge in [-0.2, -0.15) is 4.68 Å². The van der Waals surface area contributed by atoms with E-state index in [-0.39, 0.29) is 0 Å². The maximum Gasteiger partial charge on any atom is 0.161 e. The Bertz CT molecular complexity index is 1120. The number of hydrogen-bond acceptors (Lipinski definition) is 4. The average molecular weight is 382 g/mol. The van der Waals surface area contributed by atoms with Gasteiger partial charge in [-0.25, -0.2) is 4.98 Å². The lowest BCUT2D eigenvalue weighted by Crippen LogP contribution is -2.06. The van der Waals surface area contributed by atoms with Crippen molar-refractivity contribution in [3.63, 3.8) is 0 Å². The van der Waals surface area contributed by atoms with Gasteiger partial charge in [-0.15, -0.1) is 5.10 Å². The van der Waals surface area contributed by atoms with Gasteiger partial charge in [0.15, 0.2) is 5.82 Å². The number of benzene rings is 2. The molecule has 1 fully saturated rings. The molecule has 0 aliphatic heterocycles. The smallest absolute Gasteiger partial charge is 0.161 e. The van der Waals surface area contributed by atoms with Crippen LogP contribution in [0.2, 0.25) is 10.0 Å². The van der Waals surface area contributed by atoms with Crippen molar-refractivity contribution in [3.8, 4) is 16.9 Å². The van der Waals surface area contributed by atoms with Gasteiger partial charge >= 0.3 is 0 Å². The molecule has 1 aliphatic carbocycles. The SMILES string of the molecule is Clc1cccc(-c2c(C3CC3)c(-n3cnnn3)nc3ccc(Cl)cc23)c1. The maximum absolute atomic E-state index is 6.30. The Morgan fingerprint density at radius 2 is 1.85 bits per heavy atom. The summed E-state index contributed by atoms with van der Waals surface area (Å²) in [5.41, 5.74) is 4.14. The van der Waals surface area contributed by atoms with Crippen LogP contribution in [-0.4, -0.2) is 25.2 Å². The Balaban J connectivity index is 1.93. The van der Waals surface area contributed by atoms with E-state index in [4.69, 9.17) is 28.2 Å². The molecule has 0 saturated heterocycles. The van der Waals surface area contributed by atoms with E-state index in [1.807, 2.05) is 36.4 Å². The first kappa shape index (κ1) is 15.7. The predicted octanol–water partition coefficient (Wildman–Crippen LogP) is 5.06. The highest BCUT2D eigenvalue weighted by molar-refractivity contribution is 6.32. The fraction of sp³-hybridized carbons (Fsp3) is 0.158. The van der Waals surface area contributed by atoms with Crippen LogP contribution in [-0.2, 0) is 0 Å². The number of halogens is 2. The lowest BCUT2D eigenvalue weighted by molar-refractivity contribution is 0.764. The monoisotopic (exact) mass is 381 g/mol. The van der Waals surface area contributed by atoms with E-state index in [2.05, 4.69) is 21.6 Å². The number of pyridine rings is 1. The summed E-state index contributed by atoms with van der Waals surface area (Å²) in [4.78, 5) is 4.86. The second kappa shape index (κ2) is 6.04. The quantitative estimate of drug-likeness (QED) is 0.497. The Kier molecular flexibility index (Phi) is 3.65. The zero-order chi connectivity index (χ0) is 17.7. The van der Waals surface area contributed by atoms with Crippen LogP contribution in [0.4, 0.5) is 0 Å². The first-order valence-corrected chi connectivity index (χ1v) is 9.09. The zero-order valence-electron chi connectivity index (χ0n) is 13.6.